The molecule has 4 aromatic rings. The number of furan rings is 1. The molecule has 0 saturated carbocycles. The lowest BCUT2D eigenvalue weighted by atomic mass is 9.98. The van der Waals surface area contributed by atoms with Gasteiger partial charge < -0.3 is 25.1 Å². The predicted octanol–water partition coefficient (Wildman–Crippen LogP) is 6.33. The predicted molar refractivity (Wildman–Crippen MR) is 159 cm³/mol. The van der Waals surface area contributed by atoms with E-state index in [4.69, 9.17) is 9.15 Å². The highest BCUT2D eigenvalue weighted by Crippen LogP contribution is 2.38. The van der Waals surface area contributed by atoms with Crippen LogP contribution in [0.5, 0.6) is 0 Å². The second kappa shape index (κ2) is 12.6. The van der Waals surface area contributed by atoms with Gasteiger partial charge in [-0.2, -0.15) is 18.2 Å². The number of amides is 2. The van der Waals surface area contributed by atoms with E-state index in [2.05, 4.69) is 32.5 Å². The molecule has 0 unspecified atom stereocenters. The molecule has 230 valence electrons. The van der Waals surface area contributed by atoms with Crippen LogP contribution in [0.1, 0.15) is 34.6 Å². The topological polar surface area (TPSA) is 118 Å². The van der Waals surface area contributed by atoms with Crippen molar-refractivity contribution in [2.45, 2.75) is 25.6 Å². The Morgan fingerprint density at radius 1 is 1.07 bits per heavy atom. The van der Waals surface area contributed by atoms with Crippen molar-refractivity contribution in [1.29, 1.82) is 0 Å². The first-order chi connectivity index (χ1) is 20.7. The second-order valence-corrected chi connectivity index (χ2v) is 10.2. The minimum Gasteiger partial charge on any atom is -0.486 e. The summed E-state index contributed by atoms with van der Waals surface area (Å²) in [4.78, 5) is 34.6. The SMILES string of the molecule is C=C(/N=C\OC)C(C)(C)NC(=O)c1cccc(-c2cc3c(C(=O)NC)c(-c4ccc(F)cc4)oc3nc2NCC(F)(F)F)c1. The van der Waals surface area contributed by atoms with E-state index in [1.165, 1.54) is 63.0 Å². The van der Waals surface area contributed by atoms with Gasteiger partial charge in [0.05, 0.1) is 29.3 Å². The van der Waals surface area contributed by atoms with Gasteiger partial charge in [0.15, 0.2) is 6.40 Å². The number of nitrogens with zero attached hydrogens (tertiary/aromatic N) is 2. The van der Waals surface area contributed by atoms with Crippen LogP contribution in [-0.4, -0.2) is 55.6 Å². The van der Waals surface area contributed by atoms with Gasteiger partial charge in [-0.05, 0) is 61.9 Å². The van der Waals surface area contributed by atoms with Gasteiger partial charge in [0.1, 0.15) is 23.9 Å². The summed E-state index contributed by atoms with van der Waals surface area (Å²) in [5.41, 5.74) is 0.310. The number of ether oxygens (including phenoxy) is 1. The smallest absolute Gasteiger partial charge is 0.405 e. The van der Waals surface area contributed by atoms with Crippen LogP contribution in [0.15, 0.2) is 76.3 Å². The minimum atomic E-state index is -4.58. The van der Waals surface area contributed by atoms with Crippen LogP contribution in [0.2, 0.25) is 0 Å². The molecule has 0 fully saturated rings. The maximum atomic E-state index is 13.6. The van der Waals surface area contributed by atoms with Crippen LogP contribution in [0, 0.1) is 5.82 Å². The number of aliphatic imine (C=N–C) groups is 1. The third kappa shape index (κ3) is 7.05. The Morgan fingerprint density at radius 2 is 1.77 bits per heavy atom. The molecule has 0 bridgehead atoms. The lowest BCUT2D eigenvalue weighted by Gasteiger charge is -2.26. The maximum Gasteiger partial charge on any atom is 0.405 e. The van der Waals surface area contributed by atoms with Crippen molar-refractivity contribution in [2.75, 3.05) is 26.0 Å². The normalized spacial score (nSPS) is 11.9. The van der Waals surface area contributed by atoms with Crippen LogP contribution in [0.4, 0.5) is 23.4 Å². The summed E-state index contributed by atoms with van der Waals surface area (Å²) in [6.45, 7) is 5.83. The zero-order valence-electron chi connectivity index (χ0n) is 24.2. The number of hydrogen-bond donors (Lipinski definition) is 3. The highest BCUT2D eigenvalue weighted by atomic mass is 19.4. The number of anilines is 1. The van der Waals surface area contributed by atoms with Crippen LogP contribution in [0.3, 0.4) is 0 Å². The zero-order valence-corrected chi connectivity index (χ0v) is 24.2. The van der Waals surface area contributed by atoms with Crippen LogP contribution in [-0.2, 0) is 4.74 Å². The molecule has 44 heavy (non-hydrogen) atoms. The third-order valence-corrected chi connectivity index (χ3v) is 6.60. The molecule has 0 aliphatic carbocycles. The van der Waals surface area contributed by atoms with Gasteiger partial charge in [0.25, 0.3) is 11.8 Å². The largest absolute Gasteiger partial charge is 0.486 e. The number of carbonyl (C=O) groups excluding carboxylic acids is 2. The third-order valence-electron chi connectivity index (χ3n) is 6.60. The molecule has 2 aromatic heterocycles. The Labute approximate surface area is 250 Å². The first kappa shape index (κ1) is 31.7. The fourth-order valence-corrected chi connectivity index (χ4v) is 4.25. The summed E-state index contributed by atoms with van der Waals surface area (Å²) in [6.07, 6.45) is -3.40. The highest BCUT2D eigenvalue weighted by molar-refractivity contribution is 6.11. The average molecular weight is 612 g/mol. The number of benzene rings is 2. The van der Waals surface area contributed by atoms with Gasteiger partial charge in [-0.25, -0.2) is 9.38 Å². The summed E-state index contributed by atoms with van der Waals surface area (Å²) in [7, 11) is 2.82. The Kier molecular flexibility index (Phi) is 9.07. The quantitative estimate of drug-likeness (QED) is 0.110. The van der Waals surface area contributed by atoms with Gasteiger partial charge in [0, 0.05) is 23.7 Å². The van der Waals surface area contributed by atoms with E-state index in [-0.39, 0.29) is 39.4 Å². The molecule has 0 spiro atoms. The molecule has 2 amide bonds. The number of methoxy groups -OCH3 is 1. The molecular formula is C31H29F4N5O4. The van der Waals surface area contributed by atoms with E-state index in [9.17, 15) is 27.2 Å². The Morgan fingerprint density at radius 3 is 2.41 bits per heavy atom. The molecule has 0 radical (unpaired) electrons. The molecular weight excluding hydrogens is 582 g/mol. The fraction of sp³-hybridized carbons (Fsp3) is 0.226. The number of alkyl halides is 3. The Bertz CT molecular complexity index is 1740. The van der Waals surface area contributed by atoms with Crippen LogP contribution in [0.25, 0.3) is 33.6 Å². The Balaban J connectivity index is 1.85. The number of hydrogen-bond acceptors (Lipinski definition) is 7. The first-order valence-electron chi connectivity index (χ1n) is 13.2. The first-order valence-corrected chi connectivity index (χ1v) is 13.2. The molecule has 0 atom stereocenters. The number of halogens is 4. The maximum absolute atomic E-state index is 13.6. The molecule has 0 aliphatic heterocycles. The van der Waals surface area contributed by atoms with Crippen LogP contribution < -0.4 is 16.0 Å². The van der Waals surface area contributed by atoms with Gasteiger partial charge in [-0.3, -0.25) is 9.59 Å². The Hall–Kier alpha value is -5.20. The summed E-state index contributed by atoms with van der Waals surface area (Å²) in [5, 5.41) is 7.84. The minimum absolute atomic E-state index is 0.0519. The molecule has 9 nitrogen and oxygen atoms in total. The highest BCUT2D eigenvalue weighted by Gasteiger charge is 2.30. The van der Waals surface area contributed by atoms with E-state index in [0.717, 1.165) is 0 Å². The van der Waals surface area contributed by atoms with Crippen molar-refractivity contribution < 1.29 is 36.3 Å². The molecule has 2 heterocycles. The number of aromatic nitrogens is 1. The van der Waals surface area contributed by atoms with E-state index in [0.29, 0.717) is 16.8 Å². The summed E-state index contributed by atoms with van der Waals surface area (Å²) < 4.78 is 64.1. The van der Waals surface area contributed by atoms with Gasteiger partial charge in [-0.1, -0.05) is 18.7 Å². The second-order valence-electron chi connectivity index (χ2n) is 10.2. The van der Waals surface area contributed by atoms with Gasteiger partial charge in [0.2, 0.25) is 5.71 Å². The van der Waals surface area contributed by atoms with E-state index in [1.807, 2.05) is 0 Å². The lowest BCUT2D eigenvalue weighted by Crippen LogP contribution is -2.44. The summed E-state index contributed by atoms with van der Waals surface area (Å²) in [5.74, 6) is -1.71. The number of carbonyl (C=O) groups is 2. The lowest BCUT2D eigenvalue weighted by molar-refractivity contribution is -0.115. The van der Waals surface area contributed by atoms with Crippen molar-refractivity contribution in [3.63, 3.8) is 0 Å². The number of fused-ring (bicyclic) bond motifs is 1. The molecule has 2 aromatic carbocycles. The monoisotopic (exact) mass is 611 g/mol. The number of pyridine rings is 1. The number of rotatable bonds is 10. The van der Waals surface area contributed by atoms with Crippen molar-refractivity contribution in [1.82, 2.24) is 15.6 Å². The van der Waals surface area contributed by atoms with E-state index in [1.54, 1.807) is 26.0 Å². The average Bonchev–Trinajstić information content (AvgIpc) is 3.36. The van der Waals surface area contributed by atoms with Gasteiger partial charge >= 0.3 is 6.18 Å². The zero-order chi connectivity index (χ0) is 32.2. The molecule has 0 aliphatic rings. The molecule has 4 rings (SSSR count). The number of nitrogens with one attached hydrogen (secondary N) is 3. The standard InChI is InChI=1S/C31H29F4N5O4/c1-17(38-16-43-5)30(2,3)40-27(41)20-8-6-7-19(13-20)22-14-23-24(28(42)36-4)25(18-9-11-21(32)12-10-18)44-29(23)39-26(22)37-15-31(33,34)35/h6-14,16H,1,15H2,2-5H3,(H,36,42)(H,37,39)(H,40,41)/b38-16-. The van der Waals surface area contributed by atoms with Crippen LogP contribution >= 0.6 is 0 Å². The van der Waals surface area contributed by atoms with Gasteiger partial charge in [-0.15, -0.1) is 0 Å². The van der Waals surface area contributed by atoms with E-state index >= 15 is 0 Å². The van der Waals surface area contributed by atoms with Crippen molar-refractivity contribution in [3.05, 3.63) is 83.8 Å². The summed E-state index contributed by atoms with van der Waals surface area (Å²) in [6, 6.07) is 12.8. The summed E-state index contributed by atoms with van der Waals surface area (Å²) >= 11 is 0. The van der Waals surface area contributed by atoms with E-state index < -0.39 is 35.9 Å². The molecule has 3 N–H and O–H groups in total. The van der Waals surface area contributed by atoms with Crippen molar-refractivity contribution >= 4 is 35.1 Å². The molecule has 13 heteroatoms. The fourth-order valence-electron chi connectivity index (χ4n) is 4.25. The van der Waals surface area contributed by atoms with Crippen molar-refractivity contribution in [2.24, 2.45) is 4.99 Å². The van der Waals surface area contributed by atoms with Crippen molar-refractivity contribution in [3.8, 4) is 22.5 Å². The molecule has 0 saturated heterocycles.